The molecule has 5 nitrogen and oxygen atoms in total. The maximum atomic E-state index is 8.72. The molecule has 0 saturated carbocycles. The average Bonchev–Trinajstić information content (AvgIpc) is 2.62. The molecule has 5 heteroatoms. The highest BCUT2D eigenvalue weighted by Gasteiger charge is 2.18. The number of amidine groups is 1. The van der Waals surface area contributed by atoms with Crippen molar-refractivity contribution in [2.24, 2.45) is 10.9 Å². The summed E-state index contributed by atoms with van der Waals surface area (Å²) < 4.78 is 0. The van der Waals surface area contributed by atoms with Gasteiger partial charge in [0.2, 0.25) is 0 Å². The Kier molecular flexibility index (Phi) is 4.02. The number of pyridine rings is 1. The van der Waals surface area contributed by atoms with Crippen LogP contribution in [0.3, 0.4) is 0 Å². The first kappa shape index (κ1) is 12.7. The highest BCUT2D eigenvalue weighted by atomic mass is 16.4. The van der Waals surface area contributed by atoms with Gasteiger partial charge >= 0.3 is 0 Å². The largest absolute Gasteiger partial charge is 0.409 e. The summed E-state index contributed by atoms with van der Waals surface area (Å²) in [5.74, 6) is 1.04. The summed E-state index contributed by atoms with van der Waals surface area (Å²) in [7, 11) is 0. The van der Waals surface area contributed by atoms with Crippen molar-refractivity contribution in [3.63, 3.8) is 0 Å². The molecule has 1 fully saturated rings. The van der Waals surface area contributed by atoms with E-state index in [0.29, 0.717) is 11.6 Å². The molecule has 0 aliphatic carbocycles. The van der Waals surface area contributed by atoms with Crippen molar-refractivity contribution in [2.45, 2.75) is 38.6 Å². The standard InChI is InChI=1S/C13H20N4O/c1-10-5-3-2-4-8-17(10)12-9-11(6-7-15-12)13(14)16-18/h6-7,9-10,18H,2-5,8H2,1H3,(H2,14,16). The summed E-state index contributed by atoms with van der Waals surface area (Å²) in [5.41, 5.74) is 6.32. The Labute approximate surface area is 107 Å². The number of hydrogen-bond acceptors (Lipinski definition) is 4. The normalized spacial score (nSPS) is 21.7. The number of nitrogens with two attached hydrogens (primary N) is 1. The molecule has 3 N–H and O–H groups in total. The lowest BCUT2D eigenvalue weighted by atomic mass is 10.1. The van der Waals surface area contributed by atoms with Crippen molar-refractivity contribution < 1.29 is 5.21 Å². The molecule has 2 heterocycles. The van der Waals surface area contributed by atoms with Crippen LogP contribution in [-0.4, -0.2) is 28.6 Å². The van der Waals surface area contributed by atoms with Crippen LogP contribution in [0.1, 0.15) is 38.2 Å². The molecule has 1 aromatic rings. The third-order valence-corrected chi connectivity index (χ3v) is 3.50. The minimum absolute atomic E-state index is 0.126. The van der Waals surface area contributed by atoms with E-state index in [1.807, 2.05) is 6.07 Å². The van der Waals surface area contributed by atoms with Gasteiger partial charge in [0, 0.05) is 24.3 Å². The Bertz CT molecular complexity index is 433. The number of rotatable bonds is 2. The molecule has 1 unspecified atom stereocenters. The summed E-state index contributed by atoms with van der Waals surface area (Å²) in [4.78, 5) is 6.71. The monoisotopic (exact) mass is 248 g/mol. The smallest absolute Gasteiger partial charge is 0.170 e. The van der Waals surface area contributed by atoms with Crippen LogP contribution in [-0.2, 0) is 0 Å². The lowest BCUT2D eigenvalue weighted by Crippen LogP contribution is -2.33. The Balaban J connectivity index is 2.26. The second-order valence-corrected chi connectivity index (χ2v) is 4.78. The quantitative estimate of drug-likeness (QED) is 0.363. The first-order valence-corrected chi connectivity index (χ1v) is 6.43. The Morgan fingerprint density at radius 1 is 1.50 bits per heavy atom. The van der Waals surface area contributed by atoms with Crippen LogP contribution in [0.15, 0.2) is 23.5 Å². The van der Waals surface area contributed by atoms with Crippen molar-refractivity contribution in [1.82, 2.24) is 4.98 Å². The van der Waals surface area contributed by atoms with E-state index < -0.39 is 0 Å². The van der Waals surface area contributed by atoms with Crippen molar-refractivity contribution in [3.05, 3.63) is 23.9 Å². The molecule has 0 spiro atoms. The van der Waals surface area contributed by atoms with Crippen molar-refractivity contribution in [3.8, 4) is 0 Å². The van der Waals surface area contributed by atoms with Gasteiger partial charge in [0.25, 0.3) is 0 Å². The van der Waals surface area contributed by atoms with Gasteiger partial charge in [0.1, 0.15) is 5.82 Å². The third kappa shape index (κ3) is 2.72. The van der Waals surface area contributed by atoms with E-state index in [0.717, 1.165) is 12.4 Å². The maximum Gasteiger partial charge on any atom is 0.170 e. The van der Waals surface area contributed by atoms with Crippen LogP contribution in [0.4, 0.5) is 5.82 Å². The fourth-order valence-corrected chi connectivity index (χ4v) is 2.41. The molecule has 0 amide bonds. The summed E-state index contributed by atoms with van der Waals surface area (Å²) >= 11 is 0. The molecule has 1 saturated heterocycles. The van der Waals surface area contributed by atoms with Gasteiger partial charge in [0.15, 0.2) is 5.84 Å². The van der Waals surface area contributed by atoms with Crippen molar-refractivity contribution in [1.29, 1.82) is 0 Å². The van der Waals surface area contributed by atoms with E-state index >= 15 is 0 Å². The van der Waals surface area contributed by atoms with Crippen LogP contribution >= 0.6 is 0 Å². The average molecular weight is 248 g/mol. The zero-order chi connectivity index (χ0) is 13.0. The number of nitrogens with zero attached hydrogens (tertiary/aromatic N) is 3. The third-order valence-electron chi connectivity index (χ3n) is 3.50. The summed E-state index contributed by atoms with van der Waals surface area (Å²) in [6, 6.07) is 4.13. The molecule has 0 bridgehead atoms. The highest BCUT2D eigenvalue weighted by molar-refractivity contribution is 5.97. The second kappa shape index (κ2) is 5.71. The molecular formula is C13H20N4O. The zero-order valence-corrected chi connectivity index (χ0v) is 10.7. The van der Waals surface area contributed by atoms with Gasteiger partial charge in [-0.05, 0) is 31.9 Å². The minimum Gasteiger partial charge on any atom is -0.409 e. The van der Waals surface area contributed by atoms with Gasteiger partial charge in [-0.1, -0.05) is 18.0 Å². The van der Waals surface area contributed by atoms with Crippen molar-refractivity contribution >= 4 is 11.7 Å². The lowest BCUT2D eigenvalue weighted by Gasteiger charge is -2.28. The number of aromatic nitrogens is 1. The second-order valence-electron chi connectivity index (χ2n) is 4.78. The number of hydrogen-bond donors (Lipinski definition) is 2. The molecule has 1 aliphatic heterocycles. The van der Waals surface area contributed by atoms with Crippen LogP contribution in [0.2, 0.25) is 0 Å². The van der Waals surface area contributed by atoms with Gasteiger partial charge in [0.05, 0.1) is 0 Å². The van der Waals surface area contributed by atoms with Gasteiger partial charge < -0.3 is 15.8 Å². The molecule has 0 aromatic carbocycles. The first-order chi connectivity index (χ1) is 8.72. The predicted octanol–water partition coefficient (Wildman–Crippen LogP) is 1.95. The van der Waals surface area contributed by atoms with E-state index in [2.05, 4.69) is 22.0 Å². The van der Waals surface area contributed by atoms with E-state index in [-0.39, 0.29) is 5.84 Å². The highest BCUT2D eigenvalue weighted by Crippen LogP contribution is 2.22. The molecule has 1 aromatic heterocycles. The van der Waals surface area contributed by atoms with Crippen LogP contribution in [0, 0.1) is 0 Å². The Hall–Kier alpha value is -1.78. The molecule has 18 heavy (non-hydrogen) atoms. The predicted molar refractivity (Wildman–Crippen MR) is 72.0 cm³/mol. The van der Waals surface area contributed by atoms with Crippen LogP contribution in [0.5, 0.6) is 0 Å². The summed E-state index contributed by atoms with van der Waals surface area (Å²) in [5, 5.41) is 11.7. The summed E-state index contributed by atoms with van der Waals surface area (Å²) in [6.45, 7) is 3.25. The molecule has 0 radical (unpaired) electrons. The fraction of sp³-hybridized carbons (Fsp3) is 0.538. The topological polar surface area (TPSA) is 74.7 Å². The van der Waals surface area contributed by atoms with Gasteiger partial charge in [-0.3, -0.25) is 0 Å². The SMILES string of the molecule is CC1CCCCCN1c1cc(C(N)=NO)ccn1. The van der Waals surface area contributed by atoms with Crippen LogP contribution < -0.4 is 10.6 Å². The first-order valence-electron chi connectivity index (χ1n) is 6.43. The zero-order valence-electron chi connectivity index (χ0n) is 10.7. The van der Waals surface area contributed by atoms with Crippen LogP contribution in [0.25, 0.3) is 0 Å². The van der Waals surface area contributed by atoms with Gasteiger partial charge in [-0.2, -0.15) is 0 Å². The number of oxime groups is 1. The lowest BCUT2D eigenvalue weighted by molar-refractivity contribution is 0.318. The van der Waals surface area contributed by atoms with Crippen molar-refractivity contribution in [2.75, 3.05) is 11.4 Å². The molecule has 1 atom stereocenters. The molecule has 2 rings (SSSR count). The van der Waals surface area contributed by atoms with E-state index in [9.17, 15) is 0 Å². The number of anilines is 1. The maximum absolute atomic E-state index is 8.72. The molecule has 1 aliphatic rings. The Morgan fingerprint density at radius 3 is 3.11 bits per heavy atom. The molecular weight excluding hydrogens is 228 g/mol. The van der Waals surface area contributed by atoms with E-state index in [4.69, 9.17) is 10.9 Å². The molecule has 98 valence electrons. The van der Waals surface area contributed by atoms with Gasteiger partial charge in [-0.25, -0.2) is 4.98 Å². The minimum atomic E-state index is 0.126. The summed E-state index contributed by atoms with van der Waals surface area (Å²) in [6.07, 6.45) is 6.65. The fourth-order valence-electron chi connectivity index (χ4n) is 2.41. The Morgan fingerprint density at radius 2 is 2.33 bits per heavy atom. The van der Waals surface area contributed by atoms with Gasteiger partial charge in [-0.15, -0.1) is 0 Å². The van der Waals surface area contributed by atoms with E-state index in [1.54, 1.807) is 12.3 Å². The van der Waals surface area contributed by atoms with E-state index in [1.165, 1.54) is 25.7 Å².